The van der Waals surface area contributed by atoms with Crippen molar-refractivity contribution in [2.75, 3.05) is 17.4 Å². The molecule has 1 aromatic rings. The van der Waals surface area contributed by atoms with E-state index in [1.54, 1.807) is 8.61 Å². The second-order valence-corrected chi connectivity index (χ2v) is 7.55. The van der Waals surface area contributed by atoms with Crippen molar-refractivity contribution in [3.63, 3.8) is 0 Å². The molecule has 0 radical (unpaired) electrons. The topological polar surface area (TPSA) is 40.6 Å². The molecule has 1 aromatic carbocycles. The number of rotatable bonds is 3. The maximum Gasteiger partial charge on any atom is 0.304 e. The van der Waals surface area contributed by atoms with Gasteiger partial charge in [-0.15, -0.1) is 0 Å². The zero-order chi connectivity index (χ0) is 14.3. The average molecular weight is 294 g/mol. The number of aryl methyl sites for hydroxylation is 1. The molecule has 0 bridgehead atoms. The fourth-order valence-corrected chi connectivity index (χ4v) is 5.18. The molecule has 0 aromatic heterocycles. The molecule has 110 valence electrons. The Morgan fingerprint density at radius 1 is 1.30 bits per heavy atom. The Balaban J connectivity index is 1.94. The molecule has 0 saturated carbocycles. The van der Waals surface area contributed by atoms with Gasteiger partial charge in [-0.05, 0) is 49.8 Å². The van der Waals surface area contributed by atoms with Crippen LogP contribution in [0.3, 0.4) is 0 Å². The first-order chi connectivity index (χ1) is 9.54. The summed E-state index contributed by atoms with van der Waals surface area (Å²) < 4.78 is 28.9. The monoisotopic (exact) mass is 294 g/mol. The highest BCUT2D eigenvalue weighted by molar-refractivity contribution is 7.90. The molecule has 0 spiro atoms. The van der Waals surface area contributed by atoms with Gasteiger partial charge in [-0.2, -0.15) is 12.7 Å². The van der Waals surface area contributed by atoms with Crippen molar-refractivity contribution in [3.8, 4) is 0 Å². The molecule has 1 saturated heterocycles. The van der Waals surface area contributed by atoms with Crippen LogP contribution < -0.4 is 4.31 Å². The summed E-state index contributed by atoms with van der Waals surface area (Å²) in [5.74, 6) is 0. The molecule has 0 N–H and O–H groups in total. The van der Waals surface area contributed by atoms with Gasteiger partial charge in [0.15, 0.2) is 0 Å². The van der Waals surface area contributed by atoms with E-state index in [1.165, 1.54) is 11.1 Å². The summed E-state index contributed by atoms with van der Waals surface area (Å²) in [4.78, 5) is 0. The fraction of sp³-hybridized carbons (Fsp3) is 0.600. The Bertz CT molecular complexity index is 612. The molecule has 2 aliphatic heterocycles. The number of hydrogen-bond donors (Lipinski definition) is 0. The van der Waals surface area contributed by atoms with Crippen molar-refractivity contribution in [3.05, 3.63) is 29.3 Å². The van der Waals surface area contributed by atoms with E-state index in [1.807, 2.05) is 19.1 Å². The van der Waals surface area contributed by atoms with E-state index >= 15 is 0 Å². The van der Waals surface area contributed by atoms with Crippen molar-refractivity contribution in [2.24, 2.45) is 0 Å². The van der Waals surface area contributed by atoms with E-state index in [0.717, 1.165) is 31.4 Å². The van der Waals surface area contributed by atoms with Crippen molar-refractivity contribution in [1.29, 1.82) is 0 Å². The van der Waals surface area contributed by atoms with Crippen LogP contribution >= 0.6 is 0 Å². The summed E-state index contributed by atoms with van der Waals surface area (Å²) >= 11 is 0. The predicted molar refractivity (Wildman–Crippen MR) is 81.2 cm³/mol. The van der Waals surface area contributed by atoms with Crippen LogP contribution in [0.25, 0.3) is 0 Å². The normalized spacial score (nSPS) is 23.3. The van der Waals surface area contributed by atoms with E-state index in [2.05, 4.69) is 13.0 Å². The first-order valence-electron chi connectivity index (χ1n) is 7.45. The minimum atomic E-state index is -3.35. The van der Waals surface area contributed by atoms with Crippen molar-refractivity contribution >= 4 is 15.9 Å². The maximum atomic E-state index is 12.8. The van der Waals surface area contributed by atoms with E-state index in [-0.39, 0.29) is 6.04 Å². The molecule has 1 atom stereocenters. The Morgan fingerprint density at radius 3 is 2.75 bits per heavy atom. The first kappa shape index (κ1) is 13.9. The third-order valence-electron chi connectivity index (χ3n) is 4.47. The van der Waals surface area contributed by atoms with Crippen molar-refractivity contribution < 1.29 is 8.42 Å². The smallest absolute Gasteiger partial charge is 0.257 e. The zero-order valence-electron chi connectivity index (χ0n) is 12.2. The minimum Gasteiger partial charge on any atom is -0.257 e. The Hall–Kier alpha value is -1.07. The molecular weight excluding hydrogens is 272 g/mol. The van der Waals surface area contributed by atoms with Crippen LogP contribution in [-0.4, -0.2) is 31.9 Å². The molecule has 5 heteroatoms. The van der Waals surface area contributed by atoms with Crippen LogP contribution in [-0.2, 0) is 23.1 Å². The average Bonchev–Trinajstić information content (AvgIpc) is 3.04. The minimum absolute atomic E-state index is 0.124. The van der Waals surface area contributed by atoms with Crippen LogP contribution in [0.2, 0.25) is 0 Å². The summed E-state index contributed by atoms with van der Waals surface area (Å²) in [6.45, 7) is 5.36. The van der Waals surface area contributed by atoms with Crippen molar-refractivity contribution in [1.82, 2.24) is 4.31 Å². The van der Waals surface area contributed by atoms with Crippen LogP contribution in [0.4, 0.5) is 5.69 Å². The lowest BCUT2D eigenvalue weighted by Crippen LogP contribution is -2.44. The molecule has 0 aliphatic carbocycles. The lowest BCUT2D eigenvalue weighted by Gasteiger charge is -2.28. The fourth-order valence-electron chi connectivity index (χ4n) is 3.26. The van der Waals surface area contributed by atoms with E-state index in [4.69, 9.17) is 0 Å². The molecule has 4 nitrogen and oxygen atoms in total. The summed E-state index contributed by atoms with van der Waals surface area (Å²) in [7, 11) is -3.35. The van der Waals surface area contributed by atoms with E-state index < -0.39 is 10.2 Å². The Kier molecular flexibility index (Phi) is 3.50. The number of anilines is 1. The first-order valence-corrected chi connectivity index (χ1v) is 8.85. The highest BCUT2D eigenvalue weighted by Crippen LogP contribution is 2.34. The van der Waals surface area contributed by atoms with E-state index in [9.17, 15) is 8.42 Å². The second kappa shape index (κ2) is 5.04. The van der Waals surface area contributed by atoms with Crippen LogP contribution in [0.15, 0.2) is 18.2 Å². The lowest BCUT2D eigenvalue weighted by atomic mass is 10.1. The summed E-state index contributed by atoms with van der Waals surface area (Å²) in [6, 6.07) is 6.29. The van der Waals surface area contributed by atoms with Gasteiger partial charge in [-0.1, -0.05) is 19.1 Å². The zero-order valence-corrected chi connectivity index (χ0v) is 13.0. The van der Waals surface area contributed by atoms with Gasteiger partial charge < -0.3 is 0 Å². The number of hydrogen-bond acceptors (Lipinski definition) is 2. The number of nitrogens with zero attached hydrogens (tertiary/aromatic N) is 2. The van der Waals surface area contributed by atoms with Crippen LogP contribution in [0.1, 0.15) is 37.8 Å². The summed E-state index contributed by atoms with van der Waals surface area (Å²) in [5.41, 5.74) is 3.32. The van der Waals surface area contributed by atoms with Crippen LogP contribution in [0.5, 0.6) is 0 Å². The van der Waals surface area contributed by atoms with Crippen LogP contribution in [0, 0.1) is 0 Å². The Labute approximate surface area is 121 Å². The largest absolute Gasteiger partial charge is 0.304 e. The quantitative estimate of drug-likeness (QED) is 0.858. The SMILES string of the molecule is CCc1ccc2c(c1)CCN2S(=O)(=O)N1CCCC1C. The lowest BCUT2D eigenvalue weighted by molar-refractivity contribution is 0.406. The third-order valence-corrected chi connectivity index (χ3v) is 6.54. The highest BCUT2D eigenvalue weighted by atomic mass is 32.2. The van der Waals surface area contributed by atoms with Gasteiger partial charge in [0, 0.05) is 19.1 Å². The molecule has 20 heavy (non-hydrogen) atoms. The summed E-state index contributed by atoms with van der Waals surface area (Å²) in [6.07, 6.45) is 3.75. The molecule has 2 aliphatic rings. The highest BCUT2D eigenvalue weighted by Gasteiger charge is 2.38. The molecule has 3 rings (SSSR count). The van der Waals surface area contributed by atoms with Gasteiger partial charge >= 0.3 is 10.2 Å². The van der Waals surface area contributed by atoms with Crippen molar-refractivity contribution in [2.45, 2.75) is 45.6 Å². The standard InChI is InChI=1S/C15H22N2O2S/c1-3-13-6-7-15-14(11-13)8-10-17(15)20(18,19)16-9-4-5-12(16)2/h6-7,11-12H,3-5,8-10H2,1-2H3. The third kappa shape index (κ3) is 2.13. The van der Waals surface area contributed by atoms with Gasteiger partial charge in [-0.25, -0.2) is 0 Å². The van der Waals surface area contributed by atoms with Gasteiger partial charge in [0.05, 0.1) is 5.69 Å². The molecule has 2 heterocycles. The number of benzene rings is 1. The van der Waals surface area contributed by atoms with Gasteiger partial charge in [-0.3, -0.25) is 4.31 Å². The molecule has 1 fully saturated rings. The van der Waals surface area contributed by atoms with E-state index in [0.29, 0.717) is 13.1 Å². The molecular formula is C15H22N2O2S. The molecule has 1 unspecified atom stereocenters. The maximum absolute atomic E-state index is 12.8. The van der Waals surface area contributed by atoms with Gasteiger partial charge in [0.25, 0.3) is 0 Å². The molecule has 0 amide bonds. The van der Waals surface area contributed by atoms with Gasteiger partial charge in [0.2, 0.25) is 0 Å². The number of fused-ring (bicyclic) bond motifs is 1. The second-order valence-electron chi connectivity index (χ2n) is 5.75. The Morgan fingerprint density at radius 2 is 2.10 bits per heavy atom. The van der Waals surface area contributed by atoms with Gasteiger partial charge in [0.1, 0.15) is 0 Å². The summed E-state index contributed by atoms with van der Waals surface area (Å²) in [5, 5.41) is 0. The predicted octanol–water partition coefficient (Wildman–Crippen LogP) is 2.34.